The maximum atomic E-state index is 11.9. The van der Waals surface area contributed by atoms with Gasteiger partial charge in [-0.15, -0.1) is 0 Å². The summed E-state index contributed by atoms with van der Waals surface area (Å²) in [5.74, 6) is 0.322. The lowest BCUT2D eigenvalue weighted by Crippen LogP contribution is -2.33. The van der Waals surface area contributed by atoms with Gasteiger partial charge in [0.25, 0.3) is 0 Å². The smallest absolute Gasteiger partial charge is 0.328 e. The lowest BCUT2D eigenvalue weighted by Gasteiger charge is -2.23. The van der Waals surface area contributed by atoms with Gasteiger partial charge in [0.15, 0.2) is 0 Å². The Labute approximate surface area is 114 Å². The number of aryl methyl sites for hydroxylation is 1. The molecule has 0 spiro atoms. The van der Waals surface area contributed by atoms with Crippen molar-refractivity contribution in [2.75, 3.05) is 12.4 Å². The van der Waals surface area contributed by atoms with Gasteiger partial charge in [-0.2, -0.15) is 0 Å². The van der Waals surface area contributed by atoms with Gasteiger partial charge in [-0.25, -0.2) is 4.79 Å². The normalized spacial score (nSPS) is 19.4. The summed E-state index contributed by atoms with van der Waals surface area (Å²) >= 11 is 0. The Hall–Kier alpha value is -1.51. The van der Waals surface area contributed by atoms with Gasteiger partial charge in [-0.3, -0.25) is 0 Å². The Morgan fingerprint density at radius 3 is 2.84 bits per heavy atom. The Balaban J connectivity index is 1.83. The Morgan fingerprint density at radius 2 is 2.11 bits per heavy atom. The number of hydrogen-bond donors (Lipinski definition) is 1. The molecule has 0 heterocycles. The van der Waals surface area contributed by atoms with E-state index in [2.05, 4.69) is 23.5 Å². The van der Waals surface area contributed by atoms with Gasteiger partial charge in [0.2, 0.25) is 0 Å². The van der Waals surface area contributed by atoms with Gasteiger partial charge in [-0.05, 0) is 61.6 Å². The van der Waals surface area contributed by atoms with Crippen LogP contribution in [0.2, 0.25) is 0 Å². The van der Waals surface area contributed by atoms with Crippen molar-refractivity contribution in [1.82, 2.24) is 0 Å². The first kappa shape index (κ1) is 12.5. The van der Waals surface area contributed by atoms with Crippen molar-refractivity contribution in [3.05, 3.63) is 29.3 Å². The van der Waals surface area contributed by atoms with Crippen LogP contribution >= 0.6 is 0 Å². The van der Waals surface area contributed by atoms with E-state index in [1.165, 1.54) is 31.1 Å². The minimum absolute atomic E-state index is 0.129. The molecular formula is C16H21NO2. The van der Waals surface area contributed by atoms with E-state index in [-0.39, 0.29) is 12.0 Å². The zero-order chi connectivity index (χ0) is 13.2. The highest BCUT2D eigenvalue weighted by atomic mass is 16.5. The van der Waals surface area contributed by atoms with E-state index >= 15 is 0 Å². The van der Waals surface area contributed by atoms with Crippen molar-refractivity contribution < 1.29 is 9.53 Å². The first-order valence-corrected chi connectivity index (χ1v) is 7.24. The van der Waals surface area contributed by atoms with Crippen molar-refractivity contribution in [2.45, 2.75) is 44.6 Å². The number of hydrogen-bond acceptors (Lipinski definition) is 3. The Morgan fingerprint density at radius 1 is 1.32 bits per heavy atom. The number of carbonyl (C=O) groups excluding carboxylic acids is 1. The number of esters is 1. The first-order valence-electron chi connectivity index (χ1n) is 7.24. The lowest BCUT2D eigenvalue weighted by atomic mass is 9.90. The molecule has 2 aliphatic rings. The number of benzene rings is 1. The monoisotopic (exact) mass is 259 g/mol. The zero-order valence-corrected chi connectivity index (χ0v) is 11.4. The molecule has 2 aliphatic carbocycles. The van der Waals surface area contributed by atoms with Crippen molar-refractivity contribution in [3.63, 3.8) is 0 Å². The highest BCUT2D eigenvalue weighted by molar-refractivity contribution is 5.80. The molecule has 1 N–H and O–H groups in total. The van der Waals surface area contributed by atoms with Crippen molar-refractivity contribution in [1.29, 1.82) is 0 Å². The number of methoxy groups -OCH3 is 1. The van der Waals surface area contributed by atoms with Gasteiger partial charge in [0.05, 0.1) is 7.11 Å². The Kier molecular flexibility index (Phi) is 3.45. The van der Waals surface area contributed by atoms with Gasteiger partial charge in [-0.1, -0.05) is 12.1 Å². The summed E-state index contributed by atoms with van der Waals surface area (Å²) < 4.78 is 4.93. The predicted octanol–water partition coefficient (Wildman–Crippen LogP) is 2.93. The summed E-state index contributed by atoms with van der Waals surface area (Å²) in [6.07, 6.45) is 7.06. The third-order valence-corrected chi connectivity index (χ3v) is 4.26. The molecule has 1 aromatic rings. The summed E-state index contributed by atoms with van der Waals surface area (Å²) in [5, 5.41) is 3.45. The van der Waals surface area contributed by atoms with Crippen LogP contribution in [0.5, 0.6) is 0 Å². The molecule has 102 valence electrons. The number of anilines is 1. The molecule has 3 heteroatoms. The van der Waals surface area contributed by atoms with Crippen LogP contribution < -0.4 is 5.32 Å². The topological polar surface area (TPSA) is 38.3 Å². The maximum Gasteiger partial charge on any atom is 0.328 e. The van der Waals surface area contributed by atoms with E-state index in [1.54, 1.807) is 0 Å². The molecular weight excluding hydrogens is 238 g/mol. The van der Waals surface area contributed by atoms with Crippen molar-refractivity contribution >= 4 is 11.7 Å². The first-order chi connectivity index (χ1) is 9.29. The van der Waals surface area contributed by atoms with Crippen LogP contribution in [0.25, 0.3) is 0 Å². The van der Waals surface area contributed by atoms with Gasteiger partial charge in [0.1, 0.15) is 6.04 Å². The molecule has 1 aromatic carbocycles. The number of nitrogens with one attached hydrogen (secondary N) is 1. The van der Waals surface area contributed by atoms with Crippen molar-refractivity contribution in [3.8, 4) is 0 Å². The van der Waals surface area contributed by atoms with Crippen LogP contribution in [0.15, 0.2) is 18.2 Å². The molecule has 0 aromatic heterocycles. The van der Waals surface area contributed by atoms with E-state index in [9.17, 15) is 4.79 Å². The fourth-order valence-corrected chi connectivity index (χ4v) is 3.01. The van der Waals surface area contributed by atoms with E-state index in [0.717, 1.165) is 31.4 Å². The molecule has 0 amide bonds. The van der Waals surface area contributed by atoms with Gasteiger partial charge in [0, 0.05) is 5.69 Å². The van der Waals surface area contributed by atoms with Crippen LogP contribution in [0.3, 0.4) is 0 Å². The van der Waals surface area contributed by atoms with E-state index in [0.29, 0.717) is 5.92 Å². The fraction of sp³-hybridized carbons (Fsp3) is 0.562. The number of rotatable bonds is 4. The van der Waals surface area contributed by atoms with Crippen molar-refractivity contribution in [2.24, 2.45) is 5.92 Å². The minimum Gasteiger partial charge on any atom is -0.467 e. The van der Waals surface area contributed by atoms with Gasteiger partial charge < -0.3 is 10.1 Å². The van der Waals surface area contributed by atoms with E-state index < -0.39 is 0 Å². The number of ether oxygens (including phenoxy) is 1. The Bertz CT molecular complexity index is 480. The maximum absolute atomic E-state index is 11.9. The van der Waals surface area contributed by atoms with Crippen LogP contribution in [-0.2, 0) is 22.4 Å². The second-order valence-corrected chi connectivity index (χ2v) is 5.63. The average molecular weight is 259 g/mol. The average Bonchev–Trinajstić information content (AvgIpc) is 3.28. The molecule has 0 saturated heterocycles. The largest absolute Gasteiger partial charge is 0.467 e. The molecule has 0 radical (unpaired) electrons. The molecule has 1 atom stereocenters. The number of carbonyl (C=O) groups is 1. The third-order valence-electron chi connectivity index (χ3n) is 4.26. The summed E-state index contributed by atoms with van der Waals surface area (Å²) in [4.78, 5) is 11.9. The minimum atomic E-state index is -0.168. The third kappa shape index (κ3) is 2.60. The molecule has 0 bridgehead atoms. The summed E-state index contributed by atoms with van der Waals surface area (Å²) in [7, 11) is 1.47. The van der Waals surface area contributed by atoms with E-state index in [4.69, 9.17) is 4.74 Å². The van der Waals surface area contributed by atoms with Crippen LogP contribution in [0.1, 0.15) is 36.8 Å². The molecule has 1 saturated carbocycles. The van der Waals surface area contributed by atoms with Gasteiger partial charge >= 0.3 is 5.97 Å². The molecule has 1 unspecified atom stereocenters. The highest BCUT2D eigenvalue weighted by Gasteiger charge is 2.37. The summed E-state index contributed by atoms with van der Waals surface area (Å²) in [6, 6.07) is 6.23. The van der Waals surface area contributed by atoms with E-state index in [1.807, 2.05) is 0 Å². The molecule has 3 rings (SSSR count). The zero-order valence-electron chi connectivity index (χ0n) is 11.4. The SMILES string of the molecule is COC(=O)C(Nc1cccc2c1CCCC2)C1CC1. The molecule has 0 aliphatic heterocycles. The number of fused-ring (bicyclic) bond motifs is 1. The van der Waals surface area contributed by atoms with Crippen LogP contribution in [0, 0.1) is 5.92 Å². The summed E-state index contributed by atoms with van der Waals surface area (Å²) in [5.41, 5.74) is 3.98. The van der Waals surface area contributed by atoms with Crippen LogP contribution in [-0.4, -0.2) is 19.1 Å². The molecule has 19 heavy (non-hydrogen) atoms. The molecule has 1 fully saturated rings. The second kappa shape index (κ2) is 5.24. The molecule has 3 nitrogen and oxygen atoms in total. The predicted molar refractivity (Wildman–Crippen MR) is 75.2 cm³/mol. The fourth-order valence-electron chi connectivity index (χ4n) is 3.01. The highest BCUT2D eigenvalue weighted by Crippen LogP contribution is 2.36. The second-order valence-electron chi connectivity index (χ2n) is 5.63. The quantitative estimate of drug-likeness (QED) is 0.845. The summed E-state index contributed by atoms with van der Waals surface area (Å²) in [6.45, 7) is 0. The standard InChI is InChI=1S/C16H21NO2/c1-19-16(18)15(12-9-10-12)17-14-8-4-6-11-5-2-3-7-13(11)14/h4,6,8,12,15,17H,2-3,5,7,9-10H2,1H3. The van der Waals surface area contributed by atoms with Crippen LogP contribution in [0.4, 0.5) is 5.69 Å². The lowest BCUT2D eigenvalue weighted by molar-refractivity contribution is -0.142.